The van der Waals surface area contributed by atoms with E-state index in [2.05, 4.69) is 226 Å². The summed E-state index contributed by atoms with van der Waals surface area (Å²) in [7, 11) is 2.16. The van der Waals surface area contributed by atoms with E-state index in [1.165, 1.54) is 33.0 Å². The highest BCUT2D eigenvalue weighted by Gasteiger charge is 2.28. The summed E-state index contributed by atoms with van der Waals surface area (Å²) in [6, 6.07) is 59.9. The molecule has 62 heavy (non-hydrogen) atoms. The number of rotatable bonds is 9. The molecule has 10 rings (SSSR count). The first-order valence-electron chi connectivity index (χ1n) is 21.4. The summed E-state index contributed by atoms with van der Waals surface area (Å²) >= 11 is 0. The molecule has 0 aliphatic heterocycles. The zero-order valence-corrected chi connectivity index (χ0v) is 36.4. The first-order valence-corrected chi connectivity index (χ1v) is 21.4. The fourth-order valence-electron chi connectivity index (χ4n) is 9.18. The highest BCUT2D eigenvalue weighted by molar-refractivity contribution is 6.25. The lowest BCUT2D eigenvalue weighted by Crippen LogP contribution is -2.21. The van der Waals surface area contributed by atoms with E-state index in [0.29, 0.717) is 0 Å². The van der Waals surface area contributed by atoms with Crippen LogP contribution < -0.4 is 15.0 Å². The van der Waals surface area contributed by atoms with E-state index in [4.69, 9.17) is 9.72 Å². The molecule has 0 spiro atoms. The van der Waals surface area contributed by atoms with Gasteiger partial charge in [-0.05, 0) is 91.4 Å². The van der Waals surface area contributed by atoms with Crippen LogP contribution in [0.5, 0.6) is 11.5 Å². The van der Waals surface area contributed by atoms with Crippen LogP contribution in [0.2, 0.25) is 0 Å². The maximum atomic E-state index is 6.88. The zero-order chi connectivity index (χ0) is 42.8. The molecule has 3 heterocycles. The Morgan fingerprint density at radius 1 is 0.548 bits per heavy atom. The summed E-state index contributed by atoms with van der Waals surface area (Å²) in [5.41, 5.74) is 14.3. The lowest BCUT2D eigenvalue weighted by Gasteiger charge is -2.28. The van der Waals surface area contributed by atoms with Crippen LogP contribution in [-0.4, -0.2) is 21.2 Å². The lowest BCUT2D eigenvalue weighted by atomic mass is 9.88. The van der Waals surface area contributed by atoms with Gasteiger partial charge in [-0.15, -0.1) is 0 Å². The summed E-state index contributed by atoms with van der Waals surface area (Å²) in [4.78, 5) is 7.26. The van der Waals surface area contributed by atoms with Gasteiger partial charge in [0.15, 0.2) is 0 Å². The molecular formula is C56H51N5O. The Balaban J connectivity index is 1.04. The van der Waals surface area contributed by atoms with Crippen molar-refractivity contribution in [2.75, 3.05) is 17.3 Å². The summed E-state index contributed by atoms with van der Waals surface area (Å²) < 4.78 is 11.7. The van der Waals surface area contributed by atoms with Gasteiger partial charge < -0.3 is 19.5 Å². The van der Waals surface area contributed by atoms with Crippen LogP contribution in [-0.2, 0) is 11.0 Å². The Morgan fingerprint density at radius 2 is 1.16 bits per heavy atom. The highest BCUT2D eigenvalue weighted by atomic mass is 16.5. The van der Waals surface area contributed by atoms with Crippen LogP contribution >= 0.6 is 0 Å². The van der Waals surface area contributed by atoms with E-state index in [1.807, 2.05) is 18.3 Å². The van der Waals surface area contributed by atoms with Crippen LogP contribution in [0.15, 0.2) is 176 Å². The van der Waals surface area contributed by atoms with Gasteiger partial charge in [0.1, 0.15) is 17.3 Å². The van der Waals surface area contributed by atoms with Crippen molar-refractivity contribution in [3.05, 3.63) is 182 Å². The number of hydrogen-bond acceptors (Lipinski definition) is 4. The average Bonchev–Trinajstić information content (AvgIpc) is 3.80. The fourth-order valence-corrected chi connectivity index (χ4v) is 9.18. The van der Waals surface area contributed by atoms with Gasteiger partial charge in [0.05, 0.1) is 39.1 Å². The van der Waals surface area contributed by atoms with E-state index in [1.54, 1.807) is 0 Å². The van der Waals surface area contributed by atoms with Crippen molar-refractivity contribution < 1.29 is 4.74 Å². The summed E-state index contributed by atoms with van der Waals surface area (Å²) in [5.74, 6) is 2.40. The first kappa shape index (κ1) is 38.9. The van der Waals surface area contributed by atoms with E-state index in [0.717, 1.165) is 67.7 Å². The Kier molecular flexibility index (Phi) is 9.40. The number of pyridine rings is 1. The highest BCUT2D eigenvalue weighted by Crippen LogP contribution is 2.47. The Hall–Kier alpha value is -7.31. The molecule has 0 radical (unpaired) electrons. The quantitative estimate of drug-likeness (QED) is 0.158. The molecule has 0 atom stereocenters. The number of anilines is 4. The second kappa shape index (κ2) is 15.0. The predicted octanol–water partition coefficient (Wildman–Crippen LogP) is 15.3. The van der Waals surface area contributed by atoms with Crippen LogP contribution in [0, 0.1) is 0 Å². The molecule has 0 fully saturated rings. The molecule has 0 saturated carbocycles. The minimum atomic E-state index is -0.172. The minimum absolute atomic E-state index is 0.0200. The van der Waals surface area contributed by atoms with Crippen LogP contribution in [0.1, 0.15) is 47.1 Å². The van der Waals surface area contributed by atoms with Crippen LogP contribution in [0.4, 0.5) is 22.7 Å². The number of ether oxygens (including phenoxy) is 1. The van der Waals surface area contributed by atoms with Gasteiger partial charge in [-0.25, -0.2) is 4.98 Å². The third-order valence-corrected chi connectivity index (χ3v) is 12.0. The van der Waals surface area contributed by atoms with Gasteiger partial charge in [0.25, 0.3) is 0 Å². The van der Waals surface area contributed by atoms with E-state index in [9.17, 15) is 0 Å². The molecule has 6 nitrogen and oxygen atoms in total. The molecule has 3 aromatic heterocycles. The molecular weight excluding hydrogens is 759 g/mol. The summed E-state index contributed by atoms with van der Waals surface area (Å²) in [5, 5.41) is 6.24. The Bertz CT molecular complexity index is 3160. The summed E-state index contributed by atoms with van der Waals surface area (Å²) in [6.45, 7) is 13.6. The van der Waals surface area contributed by atoms with Gasteiger partial charge >= 0.3 is 0 Å². The zero-order valence-electron chi connectivity index (χ0n) is 36.4. The summed E-state index contributed by atoms with van der Waals surface area (Å²) in [6.07, 6.45) is 1.94. The molecule has 0 saturated heterocycles. The maximum absolute atomic E-state index is 6.88. The number of para-hydroxylation sites is 3. The second-order valence-corrected chi connectivity index (χ2v) is 18.3. The van der Waals surface area contributed by atoms with Crippen LogP contribution in [0.25, 0.3) is 60.9 Å². The maximum Gasteiger partial charge on any atom is 0.137 e. The Morgan fingerprint density at radius 3 is 1.85 bits per heavy atom. The first-order chi connectivity index (χ1) is 29.9. The molecule has 0 aliphatic carbocycles. The molecule has 10 aromatic rings. The van der Waals surface area contributed by atoms with Crippen molar-refractivity contribution in [3.8, 4) is 39.6 Å². The monoisotopic (exact) mass is 809 g/mol. The van der Waals surface area contributed by atoms with Crippen molar-refractivity contribution in [1.29, 1.82) is 0 Å². The van der Waals surface area contributed by atoms with Gasteiger partial charge in [0, 0.05) is 64.6 Å². The van der Waals surface area contributed by atoms with E-state index < -0.39 is 0 Å². The molecule has 1 N–H and O–H groups in total. The SMILES string of the molecule is CN(c1ccccc1Nc1cccc(Oc2cc3c4c5c(cccc5n(C(C)(C)C)c4c2)n3-c2cc(C(C)(C)C)ccn2)c1)c1c(-c2ccccc2)cccc1-c1ccccc1. The van der Waals surface area contributed by atoms with Gasteiger partial charge in [-0.2, -0.15) is 0 Å². The molecule has 0 amide bonds. The third-order valence-electron chi connectivity index (χ3n) is 12.0. The molecule has 6 heteroatoms. The number of nitrogens with one attached hydrogen (secondary N) is 1. The fraction of sp³-hybridized carbons (Fsp3) is 0.161. The average molecular weight is 810 g/mol. The second-order valence-electron chi connectivity index (χ2n) is 18.3. The van der Waals surface area contributed by atoms with Crippen molar-refractivity contribution in [2.24, 2.45) is 0 Å². The normalized spacial score (nSPS) is 12.1. The molecule has 0 bridgehead atoms. The molecule has 0 aliphatic rings. The lowest BCUT2D eigenvalue weighted by molar-refractivity contribution is 0.422. The predicted molar refractivity (Wildman–Crippen MR) is 261 cm³/mol. The van der Waals surface area contributed by atoms with Crippen LogP contribution in [0.3, 0.4) is 0 Å². The van der Waals surface area contributed by atoms with Crippen molar-refractivity contribution in [3.63, 3.8) is 0 Å². The Labute approximate surface area is 364 Å². The molecule has 7 aromatic carbocycles. The van der Waals surface area contributed by atoms with Gasteiger partial charge in [0.2, 0.25) is 0 Å². The third kappa shape index (κ3) is 6.82. The number of nitrogens with zero attached hydrogens (tertiary/aromatic N) is 4. The topological polar surface area (TPSA) is 47.2 Å². The molecule has 0 unspecified atom stereocenters. The number of hydrogen-bond donors (Lipinski definition) is 1. The standard InChI is InChI=1S/C56H51N5O/c1-55(2,3)39-31-32-57-51(33-39)60-47-29-18-30-48-52(47)53-49(60)35-42(36-50(53)61(48)56(4,5)6)62-41-24-16-23-40(34-41)58-45-27-14-15-28-46(45)59(7)54-43(37-19-10-8-11-20-37)25-17-26-44(54)38-21-12-9-13-22-38/h8-36,58H,1-7H3. The van der Waals surface area contributed by atoms with Gasteiger partial charge in [-0.1, -0.05) is 124 Å². The van der Waals surface area contributed by atoms with Gasteiger partial charge in [-0.3, -0.25) is 4.57 Å². The van der Waals surface area contributed by atoms with Crippen molar-refractivity contribution >= 4 is 55.6 Å². The molecule has 306 valence electrons. The van der Waals surface area contributed by atoms with Crippen molar-refractivity contribution in [1.82, 2.24) is 14.1 Å². The smallest absolute Gasteiger partial charge is 0.137 e. The largest absolute Gasteiger partial charge is 0.457 e. The minimum Gasteiger partial charge on any atom is -0.457 e. The van der Waals surface area contributed by atoms with Crippen molar-refractivity contribution in [2.45, 2.75) is 52.5 Å². The van der Waals surface area contributed by atoms with E-state index in [-0.39, 0.29) is 11.0 Å². The number of benzene rings is 7. The number of aromatic nitrogens is 3. The van der Waals surface area contributed by atoms with E-state index >= 15 is 0 Å².